The summed E-state index contributed by atoms with van der Waals surface area (Å²) >= 11 is 0. The van der Waals surface area contributed by atoms with E-state index < -0.39 is 54.4 Å². The number of Topliss-reactive ketones (excluding diaryl/α,β-unsaturated/α-hetero) is 1. The van der Waals surface area contributed by atoms with Crippen molar-refractivity contribution in [2.75, 3.05) is 72.9 Å². The second kappa shape index (κ2) is 20.2. The number of rotatable bonds is 14. The topological polar surface area (TPSA) is 214 Å². The average molecular weight is 927 g/mol. The highest BCUT2D eigenvalue weighted by Gasteiger charge is 2.59. The molecule has 0 aromatic heterocycles. The van der Waals surface area contributed by atoms with Crippen LogP contribution in [0.5, 0.6) is 17.2 Å². The van der Waals surface area contributed by atoms with Gasteiger partial charge in [-0.1, -0.05) is 11.6 Å². The van der Waals surface area contributed by atoms with E-state index in [-0.39, 0.29) is 97.6 Å². The van der Waals surface area contributed by atoms with Gasteiger partial charge in [0.25, 0.3) is 0 Å². The van der Waals surface area contributed by atoms with Gasteiger partial charge in [0.15, 0.2) is 6.29 Å². The number of esters is 1. The minimum atomic E-state index is -1.35. The van der Waals surface area contributed by atoms with Gasteiger partial charge in [-0.3, -0.25) is 14.6 Å². The third kappa shape index (κ3) is 8.56. The molecule has 8 atom stereocenters. The Morgan fingerprint density at radius 3 is 2.63 bits per heavy atom. The Labute approximate surface area is 391 Å². The number of fused-ring (bicyclic) bond motifs is 8. The lowest BCUT2D eigenvalue weighted by molar-refractivity contribution is -0.186. The lowest BCUT2D eigenvalue weighted by atomic mass is 9.57. The molecule has 0 radical (unpaired) electrons. The molecule has 15 heteroatoms. The molecule has 5 heterocycles. The molecule has 15 nitrogen and oxygen atoms in total. The van der Waals surface area contributed by atoms with Gasteiger partial charge in [0.1, 0.15) is 34.7 Å². The van der Waals surface area contributed by atoms with Crippen molar-refractivity contribution < 1.29 is 63.6 Å². The van der Waals surface area contributed by atoms with Crippen LogP contribution < -0.4 is 24.8 Å². The number of carbonyl (C=O) groups excluding carboxylic acids is 3. The van der Waals surface area contributed by atoms with Crippen molar-refractivity contribution in [3.05, 3.63) is 67.4 Å². The Kier molecular flexibility index (Phi) is 14.4. The molecule has 2 bridgehead atoms. The van der Waals surface area contributed by atoms with Gasteiger partial charge in [-0.05, 0) is 124 Å². The molecule has 5 aliphatic heterocycles. The molecule has 67 heavy (non-hydrogen) atoms. The number of benzene rings is 2. The van der Waals surface area contributed by atoms with E-state index >= 15 is 0 Å². The van der Waals surface area contributed by atoms with Crippen molar-refractivity contribution in [2.45, 2.75) is 102 Å². The number of piperidine rings is 1. The molecule has 2 aliphatic carbocycles. The molecule has 2 aromatic carbocycles. The van der Waals surface area contributed by atoms with Gasteiger partial charge in [0, 0.05) is 75.3 Å². The summed E-state index contributed by atoms with van der Waals surface area (Å²) < 4.78 is 31.4. The van der Waals surface area contributed by atoms with Crippen molar-refractivity contribution in [1.82, 2.24) is 4.90 Å². The third-order valence-corrected chi connectivity index (χ3v) is 15.9. The summed E-state index contributed by atoms with van der Waals surface area (Å²) in [7, 11) is 1.71. The molecule has 0 amide bonds. The van der Waals surface area contributed by atoms with E-state index in [1.54, 1.807) is 14.0 Å². The Morgan fingerprint density at radius 2 is 1.88 bits per heavy atom. The van der Waals surface area contributed by atoms with Crippen LogP contribution in [0.25, 0.3) is 11.6 Å². The smallest absolute Gasteiger partial charge is 0.375 e. The molecular weight excluding hydrogens is 861 g/mol. The summed E-state index contributed by atoms with van der Waals surface area (Å²) in [4.78, 5) is 49.3. The van der Waals surface area contributed by atoms with Gasteiger partial charge in [-0.2, -0.15) is 0 Å². The minimum absolute atomic E-state index is 0.0144. The number of ketones is 1. The maximum Gasteiger partial charge on any atom is 0.375 e. The van der Waals surface area contributed by atoms with Gasteiger partial charge >= 0.3 is 5.97 Å². The Morgan fingerprint density at radius 1 is 1.03 bits per heavy atom. The first-order valence-corrected chi connectivity index (χ1v) is 24.5. The van der Waals surface area contributed by atoms with Crippen LogP contribution >= 0.6 is 0 Å². The number of likely N-dealkylation sites (tertiary alicyclic amines) is 1. The number of hydrogen-bond donors (Lipinski definition) is 5. The van der Waals surface area contributed by atoms with Crippen molar-refractivity contribution in [3.63, 3.8) is 0 Å². The predicted molar refractivity (Wildman–Crippen MR) is 245 cm³/mol. The van der Waals surface area contributed by atoms with E-state index in [0.29, 0.717) is 67.4 Å². The first-order chi connectivity index (χ1) is 32.6. The van der Waals surface area contributed by atoms with Gasteiger partial charge in [-0.25, -0.2) is 4.79 Å². The number of aldehydes is 1. The summed E-state index contributed by atoms with van der Waals surface area (Å²) in [6, 6.07) is 4.02. The second-order valence-electron chi connectivity index (χ2n) is 19.6. The molecule has 5 N–H and O–H groups in total. The number of allylic oxidation sites excluding steroid dienone is 3. The standard InChI is InChI=1S/C52H66N2O13/c1-3-64-51(61)50-39(26-58)44-33-18-34(25-57)46(60)37(20-33)36-19-31-11-13-53-42(31)21-30(36)8-7-29(24-56)28-65-48-38-22-43(66-47(38)40(27-59)49(67-50)45(44)48)52(62)35(6-4-16-55)10-9-32-23-54(14-5-17-63-2)15-12-41(32)52/h11,19,21,26,29,32,34-35,37,41,43,55-57,59,62H,3-10,12-18,20,22-25,27-28H2,1-2H3. The predicted octanol–water partition coefficient (Wildman–Crippen LogP) is 2.64. The molecule has 8 unspecified atom stereocenters. The van der Waals surface area contributed by atoms with Crippen LogP contribution in [0.2, 0.25) is 0 Å². The fourth-order valence-corrected chi connectivity index (χ4v) is 12.7. The Bertz CT molecular complexity index is 2450. The zero-order valence-corrected chi connectivity index (χ0v) is 38.8. The van der Waals surface area contributed by atoms with Crippen LogP contribution in [0, 0.1) is 29.6 Å². The maximum atomic E-state index is 14.5. The molecule has 7 aliphatic rings. The summed E-state index contributed by atoms with van der Waals surface area (Å²) in [5, 5.41) is 58.6. The minimum Gasteiger partial charge on any atom is -0.492 e. The van der Waals surface area contributed by atoms with Crippen molar-refractivity contribution >= 4 is 29.7 Å². The second-order valence-corrected chi connectivity index (χ2v) is 19.6. The summed E-state index contributed by atoms with van der Waals surface area (Å²) in [6.45, 7) is 4.05. The molecule has 2 saturated carbocycles. The number of aryl methyl sites for hydroxylation is 1. The van der Waals surface area contributed by atoms with Gasteiger partial charge in [0.2, 0.25) is 5.76 Å². The maximum absolute atomic E-state index is 14.5. The van der Waals surface area contributed by atoms with Gasteiger partial charge < -0.3 is 54.1 Å². The van der Waals surface area contributed by atoms with Crippen LogP contribution in [0.1, 0.15) is 98.4 Å². The van der Waals surface area contributed by atoms with Crippen molar-refractivity contribution in [3.8, 4) is 17.2 Å². The lowest BCUT2D eigenvalue weighted by Crippen LogP contribution is -2.63. The van der Waals surface area contributed by atoms with Crippen LogP contribution in [0.3, 0.4) is 0 Å². The molecule has 9 rings (SSSR count). The fourth-order valence-electron chi connectivity index (χ4n) is 12.7. The van der Waals surface area contributed by atoms with E-state index in [4.69, 9.17) is 23.7 Å². The lowest BCUT2D eigenvalue weighted by Gasteiger charge is -2.55. The van der Waals surface area contributed by atoms with Crippen molar-refractivity contribution in [1.29, 1.82) is 0 Å². The zero-order valence-electron chi connectivity index (χ0n) is 38.8. The van der Waals surface area contributed by atoms with E-state index in [1.165, 1.54) is 0 Å². The van der Waals surface area contributed by atoms with Crippen LogP contribution in [0.4, 0.5) is 0 Å². The molecule has 362 valence electrons. The summed E-state index contributed by atoms with van der Waals surface area (Å²) in [5.74, 6) is -3.00. The Balaban J connectivity index is 1.24. The van der Waals surface area contributed by atoms with Crippen LogP contribution in [0.15, 0.2) is 34.0 Å². The summed E-state index contributed by atoms with van der Waals surface area (Å²) in [5.41, 5.74) is 2.20. The van der Waals surface area contributed by atoms with E-state index in [1.807, 2.05) is 18.2 Å². The quantitative estimate of drug-likeness (QED) is 0.105. The molecular formula is C52H66N2O13. The monoisotopic (exact) mass is 926 g/mol. The number of hydrogen-bond acceptors (Lipinski definition) is 15. The van der Waals surface area contributed by atoms with Gasteiger partial charge in [0.05, 0.1) is 55.0 Å². The summed E-state index contributed by atoms with van der Waals surface area (Å²) in [6.07, 6.45) is 7.55. The molecule has 0 spiro atoms. The fraction of sp³-hybridized carbons (Fsp3) is 0.615. The zero-order chi connectivity index (χ0) is 47.0. The number of nitrogens with zero attached hydrogens (tertiary/aromatic N) is 2. The number of ether oxygens (including phenoxy) is 5. The number of carbonyl (C=O) groups is 3. The van der Waals surface area contributed by atoms with E-state index in [2.05, 4.69) is 9.89 Å². The van der Waals surface area contributed by atoms with Crippen LogP contribution in [-0.4, -0.2) is 133 Å². The van der Waals surface area contributed by atoms with Crippen LogP contribution in [-0.2, 0) is 43.3 Å². The number of aliphatic hydroxyl groups is 5. The van der Waals surface area contributed by atoms with Gasteiger partial charge in [-0.15, -0.1) is 0 Å². The molecule has 1 saturated heterocycles. The highest BCUT2D eigenvalue weighted by molar-refractivity contribution is 6.11. The number of aliphatic hydroxyl groups excluding tert-OH is 4. The Hall–Kier alpha value is -4.48. The first kappa shape index (κ1) is 47.6. The molecule has 3 fully saturated rings. The average Bonchev–Trinajstić information content (AvgIpc) is 4.01. The molecule has 2 aromatic rings. The van der Waals surface area contributed by atoms with Crippen molar-refractivity contribution in [2.24, 2.45) is 34.6 Å². The van der Waals surface area contributed by atoms with E-state index in [9.17, 15) is 39.9 Å². The highest BCUT2D eigenvalue weighted by atomic mass is 16.6. The van der Waals surface area contributed by atoms with E-state index in [0.717, 1.165) is 67.0 Å². The normalized spacial score (nSPS) is 28.9. The first-order valence-electron chi connectivity index (χ1n) is 24.5. The highest BCUT2D eigenvalue weighted by Crippen LogP contribution is 2.59. The SMILES string of the molecule is CCOC(=O)C1=C(C=O)C2=C3CC(CO)C(=O)C(C3)c3cc4c(cc3CCC(CO)COc3c5c(c(CO)c(c32)O1)OC(C1(O)C(CCCO)CCC2CN(CCCOC)CCC21)C5)=NCC=4. The number of methoxy groups -OCH3 is 1. The third-order valence-electron chi connectivity index (χ3n) is 15.9. The largest absolute Gasteiger partial charge is 0.492 e.